The maximum atomic E-state index is 12.1. The fourth-order valence-corrected chi connectivity index (χ4v) is 3.51. The van der Waals surface area contributed by atoms with Crippen LogP contribution < -0.4 is 5.32 Å². The van der Waals surface area contributed by atoms with Crippen molar-refractivity contribution in [3.63, 3.8) is 0 Å². The molecule has 0 aromatic carbocycles. The highest BCUT2D eigenvalue weighted by Gasteiger charge is 2.27. The number of carbonyl (C=O) groups is 1. The smallest absolute Gasteiger partial charge is 0.246 e. The Balaban J connectivity index is 1.43. The molecular weight excluding hydrogens is 294 g/mol. The first kappa shape index (κ1) is 16.5. The lowest BCUT2D eigenvalue weighted by molar-refractivity contribution is -0.130. The van der Waals surface area contributed by atoms with Crippen LogP contribution in [0.15, 0.2) is 12.5 Å². The Morgan fingerprint density at radius 2 is 2.22 bits per heavy atom. The third-order valence-electron chi connectivity index (χ3n) is 4.84. The van der Waals surface area contributed by atoms with Crippen molar-refractivity contribution in [2.75, 3.05) is 13.2 Å². The topological polar surface area (TPSA) is 65.4 Å². The van der Waals surface area contributed by atoms with E-state index in [0.717, 1.165) is 31.4 Å². The second kappa shape index (κ2) is 7.93. The molecule has 2 atom stereocenters. The van der Waals surface area contributed by atoms with Crippen molar-refractivity contribution >= 4 is 5.91 Å². The van der Waals surface area contributed by atoms with Crippen molar-refractivity contribution < 1.29 is 14.3 Å². The van der Waals surface area contributed by atoms with E-state index in [2.05, 4.69) is 10.3 Å². The lowest BCUT2D eigenvalue weighted by Gasteiger charge is -2.30. The number of hydrogen-bond donors (Lipinski definition) is 1. The van der Waals surface area contributed by atoms with Gasteiger partial charge in [0.25, 0.3) is 0 Å². The summed E-state index contributed by atoms with van der Waals surface area (Å²) in [5.41, 5.74) is 1.06. The lowest BCUT2D eigenvalue weighted by Crippen LogP contribution is -2.42. The van der Waals surface area contributed by atoms with Crippen LogP contribution in [0.3, 0.4) is 0 Å². The van der Waals surface area contributed by atoms with Gasteiger partial charge in [0.05, 0.1) is 24.3 Å². The molecule has 2 heterocycles. The van der Waals surface area contributed by atoms with E-state index in [9.17, 15) is 4.79 Å². The quantitative estimate of drug-likeness (QED) is 0.902. The Hall–Kier alpha value is -1.40. The molecule has 1 aliphatic heterocycles. The summed E-state index contributed by atoms with van der Waals surface area (Å²) in [4.78, 5) is 16.3. The summed E-state index contributed by atoms with van der Waals surface area (Å²) < 4.78 is 13.5. The summed E-state index contributed by atoms with van der Waals surface area (Å²) in [6, 6.07) is 0.145. The first-order valence-corrected chi connectivity index (χ1v) is 8.71. The molecule has 2 aliphatic rings. The summed E-state index contributed by atoms with van der Waals surface area (Å²) >= 11 is 0. The van der Waals surface area contributed by atoms with Gasteiger partial charge in [0.15, 0.2) is 0 Å². The highest BCUT2D eigenvalue weighted by atomic mass is 16.5. The first-order valence-electron chi connectivity index (χ1n) is 8.71. The van der Waals surface area contributed by atoms with Crippen molar-refractivity contribution in [2.24, 2.45) is 7.05 Å². The second-order valence-corrected chi connectivity index (χ2v) is 6.65. The molecule has 1 aromatic heterocycles. The summed E-state index contributed by atoms with van der Waals surface area (Å²) in [6.07, 6.45) is 11.4. The standard InChI is InChI=1S/C17H27N3O3/c1-20-12-18-10-15(20)16-9-13(7-8-22-16)19-17(21)11-23-14-5-3-2-4-6-14/h10,12-14,16H,2-9,11H2,1H3,(H,19,21). The molecular formula is C17H27N3O3. The molecule has 128 valence electrons. The molecule has 1 N–H and O–H groups in total. The molecule has 1 aliphatic carbocycles. The minimum absolute atomic E-state index is 0.000753. The van der Waals surface area contributed by atoms with E-state index in [-0.39, 0.29) is 30.8 Å². The van der Waals surface area contributed by atoms with E-state index in [1.54, 1.807) is 6.33 Å². The molecule has 6 heteroatoms. The molecule has 1 amide bonds. The summed E-state index contributed by atoms with van der Waals surface area (Å²) in [5.74, 6) is -0.00812. The van der Waals surface area contributed by atoms with Crippen LogP contribution in [-0.4, -0.2) is 40.8 Å². The monoisotopic (exact) mass is 321 g/mol. The lowest BCUT2D eigenvalue weighted by atomic mass is 9.98. The van der Waals surface area contributed by atoms with Gasteiger partial charge in [-0.05, 0) is 25.7 Å². The van der Waals surface area contributed by atoms with Gasteiger partial charge in [-0.1, -0.05) is 19.3 Å². The molecule has 0 spiro atoms. The molecule has 3 rings (SSSR count). The molecule has 1 saturated heterocycles. The summed E-state index contributed by atoms with van der Waals surface area (Å²) in [6.45, 7) is 0.836. The Morgan fingerprint density at radius 3 is 2.96 bits per heavy atom. The van der Waals surface area contributed by atoms with Crippen LogP contribution in [0.2, 0.25) is 0 Å². The molecule has 2 unspecified atom stereocenters. The molecule has 2 fully saturated rings. The van der Waals surface area contributed by atoms with Crippen LogP contribution in [0, 0.1) is 0 Å². The van der Waals surface area contributed by atoms with Gasteiger partial charge < -0.3 is 19.4 Å². The van der Waals surface area contributed by atoms with Crippen molar-refractivity contribution in [1.29, 1.82) is 0 Å². The molecule has 1 aromatic rings. The molecule has 1 saturated carbocycles. The minimum Gasteiger partial charge on any atom is -0.372 e. The van der Waals surface area contributed by atoms with E-state index < -0.39 is 0 Å². The van der Waals surface area contributed by atoms with Crippen molar-refractivity contribution in [2.45, 2.75) is 63.2 Å². The van der Waals surface area contributed by atoms with Gasteiger partial charge in [-0.25, -0.2) is 4.98 Å². The number of rotatable bonds is 5. The van der Waals surface area contributed by atoms with Crippen LogP contribution in [0.5, 0.6) is 0 Å². The number of nitrogens with zero attached hydrogens (tertiary/aromatic N) is 2. The third-order valence-corrected chi connectivity index (χ3v) is 4.84. The second-order valence-electron chi connectivity index (χ2n) is 6.65. The van der Waals surface area contributed by atoms with Gasteiger partial charge in [0.2, 0.25) is 5.91 Å². The van der Waals surface area contributed by atoms with E-state index in [1.807, 2.05) is 17.8 Å². The van der Waals surface area contributed by atoms with E-state index in [0.29, 0.717) is 6.61 Å². The number of carbonyl (C=O) groups excluding carboxylic acids is 1. The van der Waals surface area contributed by atoms with Crippen LogP contribution in [0.1, 0.15) is 56.7 Å². The highest BCUT2D eigenvalue weighted by Crippen LogP contribution is 2.27. The summed E-state index contributed by atoms with van der Waals surface area (Å²) in [5, 5.41) is 3.10. The van der Waals surface area contributed by atoms with Crippen LogP contribution >= 0.6 is 0 Å². The van der Waals surface area contributed by atoms with Crippen molar-refractivity contribution in [3.8, 4) is 0 Å². The van der Waals surface area contributed by atoms with E-state index in [4.69, 9.17) is 9.47 Å². The number of amides is 1. The van der Waals surface area contributed by atoms with Crippen LogP contribution in [-0.2, 0) is 21.3 Å². The average molecular weight is 321 g/mol. The number of hydrogen-bond acceptors (Lipinski definition) is 4. The molecule has 23 heavy (non-hydrogen) atoms. The fraction of sp³-hybridized carbons (Fsp3) is 0.765. The first-order chi connectivity index (χ1) is 11.2. The van der Waals surface area contributed by atoms with Crippen molar-refractivity contribution in [3.05, 3.63) is 18.2 Å². The Labute approximate surface area is 137 Å². The maximum absolute atomic E-state index is 12.1. The van der Waals surface area contributed by atoms with E-state index in [1.165, 1.54) is 19.3 Å². The van der Waals surface area contributed by atoms with Gasteiger partial charge in [-0.15, -0.1) is 0 Å². The number of imidazole rings is 1. The zero-order valence-corrected chi connectivity index (χ0v) is 13.9. The van der Waals surface area contributed by atoms with Crippen LogP contribution in [0.4, 0.5) is 0 Å². The van der Waals surface area contributed by atoms with Gasteiger partial charge in [0.1, 0.15) is 12.7 Å². The van der Waals surface area contributed by atoms with Gasteiger partial charge >= 0.3 is 0 Å². The zero-order valence-electron chi connectivity index (χ0n) is 13.9. The molecule has 0 radical (unpaired) electrons. The third kappa shape index (κ3) is 4.54. The number of nitrogens with one attached hydrogen (secondary N) is 1. The minimum atomic E-state index is -0.00812. The Kier molecular flexibility index (Phi) is 5.67. The van der Waals surface area contributed by atoms with E-state index >= 15 is 0 Å². The summed E-state index contributed by atoms with van der Waals surface area (Å²) in [7, 11) is 1.96. The highest BCUT2D eigenvalue weighted by molar-refractivity contribution is 5.77. The largest absolute Gasteiger partial charge is 0.372 e. The predicted molar refractivity (Wildman–Crippen MR) is 85.9 cm³/mol. The normalized spacial score (nSPS) is 26.1. The fourth-order valence-electron chi connectivity index (χ4n) is 3.51. The Bertz CT molecular complexity index is 511. The van der Waals surface area contributed by atoms with Crippen LogP contribution in [0.25, 0.3) is 0 Å². The number of aryl methyl sites for hydroxylation is 1. The SMILES string of the molecule is Cn1cncc1C1CC(NC(=O)COC2CCCCC2)CCO1. The molecule has 0 bridgehead atoms. The van der Waals surface area contributed by atoms with Gasteiger partial charge in [-0.2, -0.15) is 0 Å². The molecule has 6 nitrogen and oxygen atoms in total. The number of ether oxygens (including phenoxy) is 2. The maximum Gasteiger partial charge on any atom is 0.246 e. The zero-order chi connectivity index (χ0) is 16.1. The van der Waals surface area contributed by atoms with Crippen molar-refractivity contribution in [1.82, 2.24) is 14.9 Å². The predicted octanol–water partition coefficient (Wildman–Crippen LogP) is 2.11. The Morgan fingerprint density at radius 1 is 1.39 bits per heavy atom. The van der Waals surface area contributed by atoms with Gasteiger partial charge in [-0.3, -0.25) is 4.79 Å². The number of aromatic nitrogens is 2. The van der Waals surface area contributed by atoms with Gasteiger partial charge in [0, 0.05) is 19.7 Å². The average Bonchev–Trinajstić information content (AvgIpc) is 3.00.